The van der Waals surface area contributed by atoms with Crippen molar-refractivity contribution in [2.75, 3.05) is 13.2 Å². The van der Waals surface area contributed by atoms with E-state index >= 15 is 0 Å². The number of esters is 7. The molecule has 1 aromatic rings. The molecule has 0 radical (unpaired) electrons. The molecular weight excluding hydrogens is 718 g/mol. The molecule has 5 rings (SSSR count). The molecule has 1 spiro atoms. The van der Waals surface area contributed by atoms with Crippen molar-refractivity contribution in [1.29, 1.82) is 0 Å². The van der Waals surface area contributed by atoms with Gasteiger partial charge in [0.25, 0.3) is 0 Å². The van der Waals surface area contributed by atoms with Crippen LogP contribution in [0.25, 0.3) is 0 Å². The van der Waals surface area contributed by atoms with Crippen LogP contribution in [0.5, 0.6) is 0 Å². The molecular formula is C36H45NO17. The lowest BCUT2D eigenvalue weighted by Gasteiger charge is -2.67. The molecule has 2 N–H and O–H groups in total. The number of ether oxygens (including phenoxy) is 8. The van der Waals surface area contributed by atoms with Crippen molar-refractivity contribution in [1.82, 2.24) is 4.98 Å². The summed E-state index contributed by atoms with van der Waals surface area (Å²) >= 11 is 0. The Labute approximate surface area is 310 Å². The zero-order chi connectivity index (χ0) is 40.3. The minimum Gasteiger partial charge on any atom is -0.465 e. The summed E-state index contributed by atoms with van der Waals surface area (Å²) in [6, 6.07) is 1.51. The largest absolute Gasteiger partial charge is 0.465 e. The van der Waals surface area contributed by atoms with Crippen LogP contribution in [-0.2, 0) is 66.7 Å². The lowest BCUT2D eigenvalue weighted by Crippen LogP contribution is -2.89. The number of rotatable bonds is 6. The topological polar surface area (TPSA) is 247 Å². The molecule has 2 aliphatic heterocycles. The Morgan fingerprint density at radius 1 is 0.852 bits per heavy atom. The van der Waals surface area contributed by atoms with E-state index in [2.05, 4.69) is 4.98 Å². The lowest BCUT2D eigenvalue weighted by molar-refractivity contribution is -0.386. The molecule has 1 aromatic heterocycles. The third-order valence-electron chi connectivity index (χ3n) is 11.2. The molecule has 3 fully saturated rings. The summed E-state index contributed by atoms with van der Waals surface area (Å²) in [4.78, 5) is 96.4. The monoisotopic (exact) mass is 763 g/mol. The van der Waals surface area contributed by atoms with Crippen LogP contribution in [0.4, 0.5) is 0 Å². The van der Waals surface area contributed by atoms with E-state index in [1.54, 1.807) is 6.92 Å². The normalized spacial score (nSPS) is 39.8. The van der Waals surface area contributed by atoms with Gasteiger partial charge < -0.3 is 48.1 Å². The second-order valence-electron chi connectivity index (χ2n) is 14.8. The van der Waals surface area contributed by atoms with Crippen molar-refractivity contribution >= 4 is 41.8 Å². The summed E-state index contributed by atoms with van der Waals surface area (Å²) in [7, 11) is 0. The van der Waals surface area contributed by atoms with Crippen LogP contribution in [0, 0.1) is 17.3 Å². The maximum atomic E-state index is 14.2. The van der Waals surface area contributed by atoms with Gasteiger partial charge in [0.1, 0.15) is 48.1 Å². The van der Waals surface area contributed by atoms with Crippen LogP contribution in [0.15, 0.2) is 18.5 Å². The smallest absolute Gasteiger partial charge is 0.340 e. The van der Waals surface area contributed by atoms with Gasteiger partial charge in [-0.25, -0.2) is 4.79 Å². The highest BCUT2D eigenvalue weighted by molar-refractivity contribution is 5.91. The number of carbonyl (C=O) groups is 7. The summed E-state index contributed by atoms with van der Waals surface area (Å²) in [6.07, 6.45) is -9.32. The first-order chi connectivity index (χ1) is 25.1. The number of nitrogens with zero attached hydrogens (tertiary/aromatic N) is 1. The van der Waals surface area contributed by atoms with E-state index < -0.39 is 132 Å². The van der Waals surface area contributed by atoms with Crippen molar-refractivity contribution in [3.8, 4) is 0 Å². The van der Waals surface area contributed by atoms with Crippen LogP contribution in [0.2, 0.25) is 0 Å². The summed E-state index contributed by atoms with van der Waals surface area (Å²) in [6.45, 7) is 8.86. The van der Waals surface area contributed by atoms with Gasteiger partial charge in [0.2, 0.25) is 0 Å². The van der Waals surface area contributed by atoms with E-state index in [1.165, 1.54) is 32.3 Å². The Kier molecular flexibility index (Phi) is 10.6. The fraction of sp³-hybridized carbons (Fsp3) is 0.667. The average Bonchev–Trinajstić information content (AvgIpc) is 3.29. The van der Waals surface area contributed by atoms with Gasteiger partial charge in [0, 0.05) is 47.0 Å². The van der Waals surface area contributed by atoms with E-state index in [4.69, 9.17) is 37.9 Å². The van der Waals surface area contributed by atoms with Gasteiger partial charge in [-0.15, -0.1) is 0 Å². The molecule has 0 aromatic carbocycles. The molecule has 13 atom stereocenters. The predicted octanol–water partition coefficient (Wildman–Crippen LogP) is 0.463. The Bertz CT molecular complexity index is 1740. The predicted molar refractivity (Wildman–Crippen MR) is 176 cm³/mol. The fourth-order valence-corrected chi connectivity index (χ4v) is 8.98. The minimum atomic E-state index is -2.77. The molecule has 18 heteroatoms. The van der Waals surface area contributed by atoms with Crippen LogP contribution >= 0.6 is 0 Å². The first-order valence-electron chi connectivity index (χ1n) is 17.3. The highest BCUT2D eigenvalue weighted by Crippen LogP contribution is 2.69. The summed E-state index contributed by atoms with van der Waals surface area (Å²) in [5.41, 5.74) is -9.74. The van der Waals surface area contributed by atoms with Gasteiger partial charge in [-0.2, -0.15) is 0 Å². The van der Waals surface area contributed by atoms with Gasteiger partial charge in [-0.3, -0.25) is 33.8 Å². The maximum absolute atomic E-state index is 14.2. The first-order valence-corrected chi connectivity index (χ1v) is 17.3. The third kappa shape index (κ3) is 6.17. The standard InChI is InChI=1S/C36H45NO17/c1-15-16(2)31(44)53-29-26(50-19(5)40)27(43)35(14-47-17(3)38)30(52-21(7)42)25(49-18(4)39)24-28(51-20(6)41)36(35,34(29,9)46)54-33(24,8)13-48-32(45)23-12-37-11-10-22(15)23/h10-12,15-16,24-30,43,46H,13-14H2,1-9H3/t15-,16+,24+,25+,26+,27-,28+,29-,30+,33-,34-,35-,36-/m0/s1. The number of cyclic esters (lactones) is 1. The zero-order valence-electron chi connectivity index (χ0n) is 31.3. The molecule has 4 aliphatic rings. The first kappa shape index (κ1) is 40.5. The van der Waals surface area contributed by atoms with Crippen molar-refractivity contribution in [3.05, 3.63) is 29.6 Å². The highest BCUT2D eigenvalue weighted by Gasteiger charge is 2.91. The number of hydrogen-bond acceptors (Lipinski definition) is 18. The highest BCUT2D eigenvalue weighted by atomic mass is 16.7. The second-order valence-corrected chi connectivity index (χ2v) is 14.8. The molecule has 18 nitrogen and oxygen atoms in total. The van der Waals surface area contributed by atoms with Crippen LogP contribution < -0.4 is 0 Å². The SMILES string of the molecule is CC(=O)OC[C@]12[C@H](OC(C)=O)[C@H](OC(C)=O)[C@@H]3[C@@H](OC(C)=O)[C@@]14O[C@@]3(C)COC(=O)c1cnccc1[C@@H](C)[C@@H](C)C(=O)O[C@@H]([C@H](OC(C)=O)[C@@H]2O)[C@]4(C)O. The van der Waals surface area contributed by atoms with Crippen LogP contribution in [-0.4, -0.2) is 124 Å². The second kappa shape index (κ2) is 14.2. The van der Waals surface area contributed by atoms with E-state index in [9.17, 15) is 43.8 Å². The Morgan fingerprint density at radius 3 is 2.00 bits per heavy atom. The zero-order valence-corrected chi connectivity index (χ0v) is 31.3. The summed E-state index contributed by atoms with van der Waals surface area (Å²) in [5, 5.41) is 25.9. The molecule has 2 aliphatic carbocycles. The van der Waals surface area contributed by atoms with Gasteiger partial charge in [-0.1, -0.05) is 13.8 Å². The Hall–Kier alpha value is -4.68. The van der Waals surface area contributed by atoms with Crippen molar-refractivity contribution in [3.63, 3.8) is 0 Å². The lowest BCUT2D eigenvalue weighted by atomic mass is 9.45. The molecule has 0 amide bonds. The number of aromatic nitrogens is 1. The maximum Gasteiger partial charge on any atom is 0.340 e. The van der Waals surface area contributed by atoms with E-state index in [0.717, 1.165) is 41.5 Å². The number of aliphatic hydroxyl groups excluding tert-OH is 1. The molecule has 54 heavy (non-hydrogen) atoms. The number of fused-ring (bicyclic) bond motifs is 5. The Balaban J connectivity index is 1.95. The van der Waals surface area contributed by atoms with Crippen molar-refractivity contribution in [2.24, 2.45) is 17.3 Å². The number of hydrogen-bond donors (Lipinski definition) is 2. The third-order valence-corrected chi connectivity index (χ3v) is 11.2. The number of aliphatic hydroxyl groups is 2. The molecule has 296 valence electrons. The Morgan fingerprint density at radius 2 is 1.43 bits per heavy atom. The average molecular weight is 764 g/mol. The number of carbonyl (C=O) groups excluding carboxylic acids is 7. The number of pyridine rings is 1. The van der Waals surface area contributed by atoms with Crippen LogP contribution in [0.1, 0.15) is 84.2 Å². The van der Waals surface area contributed by atoms with E-state index in [0.29, 0.717) is 5.56 Å². The molecule has 0 unspecified atom stereocenters. The van der Waals surface area contributed by atoms with Crippen LogP contribution in [0.3, 0.4) is 0 Å². The van der Waals surface area contributed by atoms with Gasteiger partial charge in [0.15, 0.2) is 23.9 Å². The van der Waals surface area contributed by atoms with Crippen molar-refractivity contribution < 1.29 is 81.7 Å². The summed E-state index contributed by atoms with van der Waals surface area (Å²) < 4.78 is 47.5. The van der Waals surface area contributed by atoms with E-state index in [1.807, 2.05) is 0 Å². The molecule has 4 bridgehead atoms. The van der Waals surface area contributed by atoms with Crippen molar-refractivity contribution in [2.45, 2.75) is 122 Å². The van der Waals surface area contributed by atoms with Gasteiger partial charge >= 0.3 is 41.8 Å². The minimum absolute atomic E-state index is 0.0279. The fourth-order valence-electron chi connectivity index (χ4n) is 8.98. The molecule has 1 saturated heterocycles. The molecule has 2 saturated carbocycles. The van der Waals surface area contributed by atoms with Gasteiger partial charge in [-0.05, 0) is 31.4 Å². The molecule has 3 heterocycles. The van der Waals surface area contributed by atoms with E-state index in [-0.39, 0.29) is 5.56 Å². The quantitative estimate of drug-likeness (QED) is 0.295. The summed E-state index contributed by atoms with van der Waals surface area (Å²) in [5.74, 6) is -10.2. The van der Waals surface area contributed by atoms with Gasteiger partial charge in [0.05, 0.1) is 17.4 Å².